The van der Waals surface area contributed by atoms with Crippen molar-refractivity contribution >= 4 is 38.1 Å². The predicted octanol–water partition coefficient (Wildman–Crippen LogP) is 3.72. The van der Waals surface area contributed by atoms with Crippen molar-refractivity contribution in [3.63, 3.8) is 0 Å². The van der Waals surface area contributed by atoms with Gasteiger partial charge in [-0.05, 0) is 36.4 Å². The van der Waals surface area contributed by atoms with Gasteiger partial charge < -0.3 is 9.15 Å². The minimum absolute atomic E-state index is 0.127. The van der Waals surface area contributed by atoms with Crippen molar-refractivity contribution in [1.29, 1.82) is 5.26 Å². The number of nitrogens with zero attached hydrogens (tertiary/aromatic N) is 4. The van der Waals surface area contributed by atoms with Gasteiger partial charge in [0.25, 0.3) is 10.0 Å². The minimum atomic E-state index is -3.85. The van der Waals surface area contributed by atoms with Gasteiger partial charge in [-0.3, -0.25) is 4.31 Å². The molecule has 2 aromatic heterocycles. The summed E-state index contributed by atoms with van der Waals surface area (Å²) in [7, 11) is -3.85. The normalized spacial score (nSPS) is 13.7. The highest BCUT2D eigenvalue weighted by Gasteiger charge is 2.31. The average molecular weight is 438 g/mol. The number of aromatic nitrogens is 2. The Bertz CT molecular complexity index is 1430. The fraction of sp³-hybridized carbons (Fsp3) is 0.150. The summed E-state index contributed by atoms with van der Waals surface area (Å²) >= 11 is 1.25. The SMILES string of the molecule is Cc1nc2cc(S(=O)(=O)N3CCOc4ccc(-c5ncc(C#N)s5)cc43)ccc2o1. The fourth-order valence-electron chi connectivity index (χ4n) is 3.35. The Hall–Kier alpha value is -3.42. The van der Waals surface area contributed by atoms with E-state index in [2.05, 4.69) is 16.0 Å². The van der Waals surface area contributed by atoms with Crippen molar-refractivity contribution in [3.05, 3.63) is 53.4 Å². The number of hydrogen-bond acceptors (Lipinski definition) is 8. The van der Waals surface area contributed by atoms with E-state index < -0.39 is 10.0 Å². The third-order valence-electron chi connectivity index (χ3n) is 4.70. The summed E-state index contributed by atoms with van der Waals surface area (Å²) in [6.45, 7) is 2.13. The van der Waals surface area contributed by atoms with Crippen LogP contribution < -0.4 is 9.04 Å². The lowest BCUT2D eigenvalue weighted by atomic mass is 10.2. The Kier molecular flexibility index (Phi) is 4.23. The van der Waals surface area contributed by atoms with Crippen LogP contribution in [0.25, 0.3) is 21.7 Å². The van der Waals surface area contributed by atoms with E-state index in [9.17, 15) is 8.42 Å². The van der Waals surface area contributed by atoms with Gasteiger partial charge in [-0.25, -0.2) is 18.4 Å². The lowest BCUT2D eigenvalue weighted by molar-refractivity contribution is 0.316. The second kappa shape index (κ2) is 6.83. The Balaban J connectivity index is 1.60. The van der Waals surface area contributed by atoms with Crippen molar-refractivity contribution in [2.45, 2.75) is 11.8 Å². The third kappa shape index (κ3) is 2.99. The van der Waals surface area contributed by atoms with Crippen LogP contribution in [0.3, 0.4) is 0 Å². The molecule has 2 aromatic carbocycles. The summed E-state index contributed by atoms with van der Waals surface area (Å²) in [4.78, 5) is 9.10. The van der Waals surface area contributed by atoms with Crippen LogP contribution in [0.15, 0.2) is 51.9 Å². The summed E-state index contributed by atoms with van der Waals surface area (Å²) in [5, 5.41) is 9.68. The van der Waals surface area contributed by atoms with Gasteiger partial charge in [-0.15, -0.1) is 11.3 Å². The molecule has 30 heavy (non-hydrogen) atoms. The molecule has 10 heteroatoms. The molecule has 0 N–H and O–H groups in total. The number of aryl methyl sites for hydroxylation is 1. The van der Waals surface area contributed by atoms with E-state index in [0.717, 1.165) is 0 Å². The lowest BCUT2D eigenvalue weighted by Gasteiger charge is -2.30. The fourth-order valence-corrected chi connectivity index (χ4v) is 5.53. The zero-order chi connectivity index (χ0) is 20.9. The van der Waals surface area contributed by atoms with Crippen LogP contribution in [0.2, 0.25) is 0 Å². The Labute approximate surface area is 176 Å². The standard InChI is InChI=1S/C20H14N4O4S2/c1-12-23-16-9-15(3-5-18(16)28-12)30(25,26)24-6-7-27-19-4-2-13(8-17(19)24)20-22-11-14(10-21)29-20/h2-5,8-9,11H,6-7H2,1H3. The molecule has 0 atom stereocenters. The van der Waals surface area contributed by atoms with E-state index in [-0.39, 0.29) is 18.0 Å². The Morgan fingerprint density at radius 1 is 1.23 bits per heavy atom. The van der Waals surface area contributed by atoms with Gasteiger partial charge in [-0.2, -0.15) is 5.26 Å². The number of thiazole rings is 1. The number of rotatable bonds is 3. The number of hydrogen-bond donors (Lipinski definition) is 0. The molecule has 0 saturated heterocycles. The number of ether oxygens (including phenoxy) is 1. The van der Waals surface area contributed by atoms with Crippen molar-refractivity contribution in [3.8, 4) is 22.4 Å². The van der Waals surface area contributed by atoms with Crippen molar-refractivity contribution < 1.29 is 17.6 Å². The van der Waals surface area contributed by atoms with Crippen molar-refractivity contribution in [2.75, 3.05) is 17.5 Å². The van der Waals surface area contributed by atoms with Gasteiger partial charge >= 0.3 is 0 Å². The number of oxazole rings is 1. The van der Waals surface area contributed by atoms with Crippen LogP contribution in [-0.2, 0) is 10.0 Å². The van der Waals surface area contributed by atoms with Crippen molar-refractivity contribution in [2.24, 2.45) is 0 Å². The number of benzene rings is 2. The number of anilines is 1. The molecule has 0 fully saturated rings. The quantitative estimate of drug-likeness (QED) is 0.479. The molecule has 0 spiro atoms. The minimum Gasteiger partial charge on any atom is -0.489 e. The Morgan fingerprint density at radius 2 is 2.10 bits per heavy atom. The van der Waals surface area contributed by atoms with Crippen molar-refractivity contribution in [1.82, 2.24) is 9.97 Å². The summed E-state index contributed by atoms with van der Waals surface area (Å²) < 4.78 is 39.4. The highest BCUT2D eigenvalue weighted by Crippen LogP contribution is 2.39. The van der Waals surface area contributed by atoms with E-state index in [1.807, 2.05) is 0 Å². The Morgan fingerprint density at radius 3 is 2.90 bits per heavy atom. The molecule has 0 unspecified atom stereocenters. The molecule has 0 aliphatic carbocycles. The first-order chi connectivity index (χ1) is 14.5. The summed E-state index contributed by atoms with van der Waals surface area (Å²) in [6.07, 6.45) is 1.50. The molecule has 150 valence electrons. The van der Waals surface area contributed by atoms with Crippen LogP contribution >= 0.6 is 11.3 Å². The summed E-state index contributed by atoms with van der Waals surface area (Å²) in [5.74, 6) is 0.949. The van der Waals surface area contributed by atoms with E-state index in [0.29, 0.717) is 43.9 Å². The highest BCUT2D eigenvalue weighted by molar-refractivity contribution is 7.92. The first-order valence-electron chi connectivity index (χ1n) is 8.99. The maximum atomic E-state index is 13.5. The van der Waals surface area contributed by atoms with Gasteiger partial charge in [0, 0.05) is 12.5 Å². The lowest BCUT2D eigenvalue weighted by Crippen LogP contribution is -2.37. The molecular formula is C20H14N4O4S2. The topological polar surface area (TPSA) is 109 Å². The first kappa shape index (κ1) is 18.6. The summed E-state index contributed by atoms with van der Waals surface area (Å²) in [5.41, 5.74) is 2.17. The molecule has 0 saturated carbocycles. The smallest absolute Gasteiger partial charge is 0.264 e. The number of sulfonamides is 1. The zero-order valence-electron chi connectivity index (χ0n) is 15.7. The van der Waals surface area contributed by atoms with Gasteiger partial charge in [0.1, 0.15) is 33.8 Å². The van der Waals surface area contributed by atoms with Gasteiger partial charge in [0.05, 0.1) is 23.3 Å². The molecule has 0 bridgehead atoms. The maximum absolute atomic E-state index is 13.5. The van der Waals surface area contributed by atoms with Crippen LogP contribution in [0.5, 0.6) is 5.75 Å². The summed E-state index contributed by atoms with van der Waals surface area (Å²) in [6, 6.07) is 12.0. The number of fused-ring (bicyclic) bond motifs is 2. The second-order valence-electron chi connectivity index (χ2n) is 6.61. The zero-order valence-corrected chi connectivity index (χ0v) is 17.3. The maximum Gasteiger partial charge on any atom is 0.264 e. The molecule has 0 amide bonds. The predicted molar refractivity (Wildman–Crippen MR) is 111 cm³/mol. The third-order valence-corrected chi connectivity index (χ3v) is 7.46. The van der Waals surface area contributed by atoms with Crippen LogP contribution in [0, 0.1) is 18.3 Å². The van der Waals surface area contributed by atoms with Gasteiger partial charge in [0.15, 0.2) is 11.5 Å². The highest BCUT2D eigenvalue weighted by atomic mass is 32.2. The van der Waals surface area contributed by atoms with Gasteiger partial charge in [-0.1, -0.05) is 0 Å². The van der Waals surface area contributed by atoms with Gasteiger partial charge in [0.2, 0.25) is 0 Å². The largest absolute Gasteiger partial charge is 0.489 e. The van der Waals surface area contributed by atoms with E-state index in [4.69, 9.17) is 14.4 Å². The van der Waals surface area contributed by atoms with Crippen LogP contribution in [-0.4, -0.2) is 31.5 Å². The monoisotopic (exact) mass is 438 g/mol. The molecule has 3 heterocycles. The van der Waals surface area contributed by atoms with E-state index in [1.54, 1.807) is 31.2 Å². The number of nitriles is 1. The molecule has 1 aliphatic rings. The molecular weight excluding hydrogens is 424 g/mol. The van der Waals surface area contributed by atoms with Crippen LogP contribution in [0.4, 0.5) is 5.69 Å². The second-order valence-corrected chi connectivity index (χ2v) is 9.50. The molecule has 1 aliphatic heterocycles. The molecule has 4 aromatic rings. The van der Waals surface area contributed by atoms with E-state index in [1.165, 1.54) is 34.0 Å². The molecule has 5 rings (SSSR count). The first-order valence-corrected chi connectivity index (χ1v) is 11.2. The van der Waals surface area contributed by atoms with E-state index >= 15 is 0 Å². The average Bonchev–Trinajstić information content (AvgIpc) is 3.37. The molecule has 8 nitrogen and oxygen atoms in total. The van der Waals surface area contributed by atoms with Crippen LogP contribution in [0.1, 0.15) is 10.8 Å². The molecule has 0 radical (unpaired) electrons.